The summed E-state index contributed by atoms with van der Waals surface area (Å²) < 4.78 is 3.21. The lowest BCUT2D eigenvalue weighted by atomic mass is 10.3. The van der Waals surface area contributed by atoms with Crippen LogP contribution in [0.2, 0.25) is 0 Å². The Bertz CT molecular complexity index is 1070. The monoisotopic (exact) mass is 333 g/mol. The smallest absolute Gasteiger partial charge is 0.296 e. The Hall–Kier alpha value is -3.55. The molecule has 1 N–H and O–H groups in total. The first kappa shape index (κ1) is 15.0. The second kappa shape index (κ2) is 5.82. The van der Waals surface area contributed by atoms with Crippen LogP contribution in [0.15, 0.2) is 48.7 Å². The fraction of sp³-hybridized carbons (Fsp3) is 0.118. The number of rotatable bonds is 3. The molecule has 1 aromatic carbocycles. The van der Waals surface area contributed by atoms with Gasteiger partial charge in [-0.25, -0.2) is 14.2 Å². The number of benzene rings is 1. The van der Waals surface area contributed by atoms with E-state index in [0.717, 1.165) is 17.1 Å². The summed E-state index contributed by atoms with van der Waals surface area (Å²) in [4.78, 5) is 20.9. The van der Waals surface area contributed by atoms with Gasteiger partial charge in [0.05, 0.1) is 11.4 Å². The van der Waals surface area contributed by atoms with E-state index < -0.39 is 5.91 Å². The molecule has 4 rings (SSSR count). The molecule has 0 saturated carbocycles. The highest BCUT2D eigenvalue weighted by molar-refractivity contribution is 6.01. The quantitative estimate of drug-likeness (QED) is 0.620. The van der Waals surface area contributed by atoms with Crippen LogP contribution in [0.1, 0.15) is 22.0 Å². The molecular formula is C17H15N7O. The van der Waals surface area contributed by atoms with E-state index in [2.05, 4.69) is 25.5 Å². The summed E-state index contributed by atoms with van der Waals surface area (Å²) >= 11 is 0. The van der Waals surface area contributed by atoms with Gasteiger partial charge in [0.25, 0.3) is 11.7 Å². The van der Waals surface area contributed by atoms with Crippen molar-refractivity contribution in [3.05, 3.63) is 65.9 Å². The third kappa shape index (κ3) is 2.74. The van der Waals surface area contributed by atoms with E-state index in [4.69, 9.17) is 0 Å². The first-order valence-electron chi connectivity index (χ1n) is 7.73. The van der Waals surface area contributed by atoms with Crippen molar-refractivity contribution in [1.29, 1.82) is 0 Å². The highest BCUT2D eigenvalue weighted by Gasteiger charge is 2.17. The van der Waals surface area contributed by atoms with Gasteiger partial charge in [-0.05, 0) is 32.0 Å². The van der Waals surface area contributed by atoms with Crippen LogP contribution >= 0.6 is 0 Å². The molecular weight excluding hydrogens is 318 g/mol. The summed E-state index contributed by atoms with van der Waals surface area (Å²) in [6, 6.07) is 13.2. The van der Waals surface area contributed by atoms with Crippen LogP contribution < -0.4 is 5.32 Å². The van der Waals surface area contributed by atoms with Crippen molar-refractivity contribution in [2.75, 3.05) is 5.32 Å². The minimum absolute atomic E-state index is 0.0558. The van der Waals surface area contributed by atoms with Crippen LogP contribution in [0.3, 0.4) is 0 Å². The number of aryl methyl sites for hydroxylation is 2. The van der Waals surface area contributed by atoms with Crippen molar-refractivity contribution in [2.45, 2.75) is 13.8 Å². The van der Waals surface area contributed by atoms with Crippen LogP contribution in [0.25, 0.3) is 11.5 Å². The second-order valence-corrected chi connectivity index (χ2v) is 5.61. The molecule has 0 aliphatic heterocycles. The van der Waals surface area contributed by atoms with Crippen LogP contribution in [0.5, 0.6) is 0 Å². The van der Waals surface area contributed by atoms with E-state index in [1.165, 1.54) is 4.52 Å². The van der Waals surface area contributed by atoms with Crippen molar-refractivity contribution >= 4 is 17.5 Å². The fourth-order valence-electron chi connectivity index (χ4n) is 2.53. The Labute approximate surface area is 143 Å². The van der Waals surface area contributed by atoms with Crippen molar-refractivity contribution in [3.8, 4) is 5.69 Å². The molecule has 8 nitrogen and oxygen atoms in total. The standard InChI is InChI=1S/C17H15N7O/c1-11-10-14(24(21-11)13-6-4-3-5-7-13)19-16(25)15-20-17-18-9-8-12(2)23(17)22-15/h3-10H,1-2H3,(H,19,25). The molecule has 0 aliphatic rings. The maximum atomic E-state index is 12.6. The van der Waals surface area contributed by atoms with Gasteiger partial charge in [-0.1, -0.05) is 18.2 Å². The molecule has 0 atom stereocenters. The lowest BCUT2D eigenvalue weighted by molar-refractivity contribution is 0.101. The molecule has 4 aromatic rings. The van der Waals surface area contributed by atoms with Gasteiger partial charge < -0.3 is 5.32 Å². The number of carbonyl (C=O) groups is 1. The number of nitrogens with one attached hydrogen (secondary N) is 1. The number of hydrogen-bond donors (Lipinski definition) is 1. The Kier molecular flexibility index (Phi) is 3.50. The van der Waals surface area contributed by atoms with Gasteiger partial charge in [0.15, 0.2) is 0 Å². The average Bonchev–Trinajstić information content (AvgIpc) is 3.20. The van der Waals surface area contributed by atoms with Crippen molar-refractivity contribution in [2.24, 2.45) is 0 Å². The third-order valence-electron chi connectivity index (χ3n) is 3.71. The van der Waals surface area contributed by atoms with Gasteiger partial charge >= 0.3 is 0 Å². The molecule has 8 heteroatoms. The van der Waals surface area contributed by atoms with Gasteiger partial charge in [-0.2, -0.15) is 10.1 Å². The Morgan fingerprint density at radius 2 is 1.88 bits per heavy atom. The molecule has 0 radical (unpaired) electrons. The first-order chi connectivity index (χ1) is 12.1. The van der Waals surface area contributed by atoms with Crippen LogP contribution in [0.4, 0.5) is 5.82 Å². The second-order valence-electron chi connectivity index (χ2n) is 5.61. The average molecular weight is 333 g/mol. The van der Waals surface area contributed by atoms with Crippen LogP contribution in [-0.4, -0.2) is 35.3 Å². The number of amides is 1. The van der Waals surface area contributed by atoms with E-state index >= 15 is 0 Å². The molecule has 3 heterocycles. The molecule has 0 unspecified atom stereocenters. The molecule has 25 heavy (non-hydrogen) atoms. The number of aromatic nitrogens is 6. The Morgan fingerprint density at radius 3 is 2.64 bits per heavy atom. The van der Waals surface area contributed by atoms with Crippen molar-refractivity contribution in [1.82, 2.24) is 29.4 Å². The van der Waals surface area contributed by atoms with Crippen molar-refractivity contribution < 1.29 is 4.79 Å². The number of nitrogens with zero attached hydrogens (tertiary/aromatic N) is 6. The zero-order valence-electron chi connectivity index (χ0n) is 13.7. The zero-order chi connectivity index (χ0) is 17.4. The number of carbonyl (C=O) groups excluding carboxylic acids is 1. The normalized spacial score (nSPS) is 11.0. The molecule has 0 fully saturated rings. The SMILES string of the molecule is Cc1cc(NC(=O)c2nc3nccc(C)n3n2)n(-c2ccccc2)n1. The molecule has 0 saturated heterocycles. The molecule has 0 spiro atoms. The van der Waals surface area contributed by atoms with Crippen molar-refractivity contribution in [3.63, 3.8) is 0 Å². The summed E-state index contributed by atoms with van der Waals surface area (Å²) in [6.45, 7) is 3.74. The number of hydrogen-bond acceptors (Lipinski definition) is 5. The summed E-state index contributed by atoms with van der Waals surface area (Å²) in [5.74, 6) is 0.581. The van der Waals surface area contributed by atoms with Gasteiger partial charge in [-0.3, -0.25) is 4.79 Å². The minimum atomic E-state index is -0.415. The zero-order valence-corrected chi connectivity index (χ0v) is 13.7. The maximum Gasteiger partial charge on any atom is 0.296 e. The van der Waals surface area contributed by atoms with E-state index in [1.807, 2.05) is 44.2 Å². The van der Waals surface area contributed by atoms with E-state index in [9.17, 15) is 4.79 Å². The Morgan fingerprint density at radius 1 is 1.08 bits per heavy atom. The third-order valence-corrected chi connectivity index (χ3v) is 3.71. The first-order valence-corrected chi connectivity index (χ1v) is 7.73. The minimum Gasteiger partial charge on any atom is -0.304 e. The molecule has 0 aliphatic carbocycles. The predicted molar refractivity (Wildman–Crippen MR) is 91.8 cm³/mol. The van der Waals surface area contributed by atoms with Gasteiger partial charge in [0, 0.05) is 18.0 Å². The van der Waals surface area contributed by atoms with Gasteiger partial charge in [0.1, 0.15) is 5.82 Å². The molecule has 124 valence electrons. The number of anilines is 1. The summed E-state index contributed by atoms with van der Waals surface area (Å²) in [5.41, 5.74) is 2.49. The van der Waals surface area contributed by atoms with Crippen LogP contribution in [0, 0.1) is 13.8 Å². The molecule has 1 amide bonds. The summed E-state index contributed by atoms with van der Waals surface area (Å²) in [6.07, 6.45) is 1.63. The van der Waals surface area contributed by atoms with E-state index in [0.29, 0.717) is 11.6 Å². The summed E-state index contributed by atoms with van der Waals surface area (Å²) in [5, 5.41) is 11.5. The largest absolute Gasteiger partial charge is 0.304 e. The number of fused-ring (bicyclic) bond motifs is 1. The van der Waals surface area contributed by atoms with E-state index in [-0.39, 0.29) is 5.82 Å². The lowest BCUT2D eigenvalue weighted by Gasteiger charge is -2.07. The Balaban J connectivity index is 1.68. The fourth-order valence-corrected chi connectivity index (χ4v) is 2.53. The molecule has 0 bridgehead atoms. The highest BCUT2D eigenvalue weighted by atomic mass is 16.2. The lowest BCUT2D eigenvalue weighted by Crippen LogP contribution is -2.16. The van der Waals surface area contributed by atoms with Crippen LogP contribution in [-0.2, 0) is 0 Å². The highest BCUT2D eigenvalue weighted by Crippen LogP contribution is 2.17. The summed E-state index contributed by atoms with van der Waals surface area (Å²) in [7, 11) is 0. The predicted octanol–water partition coefficient (Wildman–Crippen LogP) is 2.18. The van der Waals surface area contributed by atoms with E-state index in [1.54, 1.807) is 23.0 Å². The topological polar surface area (TPSA) is 90.0 Å². The maximum absolute atomic E-state index is 12.6. The number of para-hydroxylation sites is 1. The molecule has 3 aromatic heterocycles. The van der Waals surface area contributed by atoms with Gasteiger partial charge in [-0.15, -0.1) is 5.10 Å². The van der Waals surface area contributed by atoms with Gasteiger partial charge in [0.2, 0.25) is 5.82 Å².